The van der Waals surface area contributed by atoms with Crippen molar-refractivity contribution in [3.8, 4) is 0 Å². The Morgan fingerprint density at radius 2 is 2.29 bits per heavy atom. The minimum absolute atomic E-state index is 0.364. The monoisotopic (exact) mass is 240 g/mol. The van der Waals surface area contributed by atoms with E-state index in [4.69, 9.17) is 5.11 Å². The third-order valence-corrected chi connectivity index (χ3v) is 3.85. The van der Waals surface area contributed by atoms with Gasteiger partial charge in [-0.3, -0.25) is 9.59 Å². The number of aliphatic carboxylic acids is 1. The van der Waals surface area contributed by atoms with E-state index >= 15 is 0 Å². The third kappa shape index (κ3) is 7.05. The lowest BCUT2D eigenvalue weighted by molar-refractivity contribution is -0.375. The molecule has 0 aromatic rings. The van der Waals surface area contributed by atoms with E-state index < -0.39 is 5.97 Å². The normalized spacial score (nSPS) is 12.1. The zero-order valence-corrected chi connectivity index (χ0v) is 9.31. The maximum absolute atomic E-state index is 10.6. The van der Waals surface area contributed by atoms with Crippen LogP contribution >= 0.6 is 21.6 Å². The highest BCUT2D eigenvalue weighted by molar-refractivity contribution is 8.76. The van der Waals surface area contributed by atoms with Gasteiger partial charge in [0.25, 0.3) is 6.47 Å². The molecule has 0 bridgehead atoms. The number of carbonyl (C=O) groups excluding carboxylic acids is 1. The summed E-state index contributed by atoms with van der Waals surface area (Å²) in [6.45, 7) is 1.16. The predicted molar refractivity (Wildman–Crippen MR) is 55.8 cm³/mol. The highest BCUT2D eigenvalue weighted by atomic mass is 33.1. The van der Waals surface area contributed by atoms with E-state index in [2.05, 4.69) is 10.5 Å². The summed E-state index contributed by atoms with van der Waals surface area (Å²) in [5.74, 6) is 0.00836. The van der Waals surface area contributed by atoms with Gasteiger partial charge in [0.2, 0.25) is 0 Å². The first-order valence-electron chi connectivity index (χ1n) is 4.04. The molecule has 0 aliphatic rings. The molecule has 0 radical (unpaired) electrons. The van der Waals surface area contributed by atoms with Crippen LogP contribution in [0.4, 0.5) is 0 Å². The van der Waals surface area contributed by atoms with Crippen LogP contribution < -0.4 is 5.73 Å². The molecular weight excluding hydrogens is 226 g/mol. The van der Waals surface area contributed by atoms with Crippen LogP contribution in [0.1, 0.15) is 0 Å². The average Bonchev–Trinajstić information content (AvgIpc) is 2.16. The van der Waals surface area contributed by atoms with Crippen molar-refractivity contribution < 1.29 is 25.2 Å². The van der Waals surface area contributed by atoms with Gasteiger partial charge in [0, 0.05) is 11.5 Å². The van der Waals surface area contributed by atoms with E-state index in [1.165, 1.54) is 21.6 Å². The van der Waals surface area contributed by atoms with E-state index in [1.54, 1.807) is 0 Å². The highest BCUT2D eigenvalue weighted by Gasteiger charge is 2.17. The molecule has 0 fully saturated rings. The maximum Gasteiger partial charge on any atom is 0.313 e. The minimum atomic E-state index is -0.808. The lowest BCUT2D eigenvalue weighted by atomic mass is 10.2. The summed E-state index contributed by atoms with van der Waals surface area (Å²) in [5.41, 5.74) is 3.56. The molecule has 0 aliphatic carbocycles. The summed E-state index contributed by atoms with van der Waals surface area (Å²) in [7, 11) is 2.96. The topological polar surface area (TPSA) is 91.2 Å². The van der Waals surface area contributed by atoms with Crippen LogP contribution in [0.2, 0.25) is 0 Å². The van der Waals surface area contributed by atoms with Crippen molar-refractivity contribution >= 4 is 34.0 Å². The van der Waals surface area contributed by atoms with E-state index in [9.17, 15) is 9.59 Å². The predicted octanol–water partition coefficient (Wildman–Crippen LogP) is -0.516. The Morgan fingerprint density at radius 1 is 1.57 bits per heavy atom. The van der Waals surface area contributed by atoms with E-state index in [1.807, 2.05) is 0 Å². The van der Waals surface area contributed by atoms with Gasteiger partial charge in [-0.25, -0.2) is 0 Å². The van der Waals surface area contributed by atoms with Crippen molar-refractivity contribution in [1.29, 1.82) is 0 Å². The first-order valence-corrected chi connectivity index (χ1v) is 6.53. The zero-order chi connectivity index (χ0) is 10.8. The molecule has 82 valence electrons. The van der Waals surface area contributed by atoms with Gasteiger partial charge in [-0.05, 0) is 0 Å². The van der Waals surface area contributed by atoms with Gasteiger partial charge in [-0.1, -0.05) is 21.6 Å². The summed E-state index contributed by atoms with van der Waals surface area (Å²) in [4.78, 5) is 20.3. The fourth-order valence-electron chi connectivity index (χ4n) is 0.598. The average molecular weight is 240 g/mol. The molecule has 0 heterocycles. The highest BCUT2D eigenvalue weighted by Crippen LogP contribution is 2.23. The molecule has 1 atom stereocenters. The minimum Gasteiger partial charge on any atom is -0.481 e. The first kappa shape index (κ1) is 13.6. The van der Waals surface area contributed by atoms with E-state index in [0.717, 1.165) is 0 Å². The largest absolute Gasteiger partial charge is 0.481 e. The van der Waals surface area contributed by atoms with Crippen molar-refractivity contribution in [2.75, 3.05) is 24.7 Å². The second kappa shape index (κ2) is 9.17. The number of carbonyl (C=O) groups is 2. The van der Waals surface area contributed by atoms with Crippen LogP contribution in [0.25, 0.3) is 0 Å². The molecular formula is C7H14NO4S2+. The summed E-state index contributed by atoms with van der Waals surface area (Å²) in [6.07, 6.45) is 0. The summed E-state index contributed by atoms with van der Waals surface area (Å²) < 4.78 is 4.47. The first-order chi connectivity index (χ1) is 6.72. The molecule has 0 aliphatic heterocycles. The quantitative estimate of drug-likeness (QED) is 0.320. The van der Waals surface area contributed by atoms with E-state index in [0.29, 0.717) is 31.1 Å². The van der Waals surface area contributed by atoms with Crippen LogP contribution in [0.3, 0.4) is 0 Å². The van der Waals surface area contributed by atoms with Gasteiger partial charge in [0.15, 0.2) is 0 Å². The Balaban J connectivity index is 3.33. The van der Waals surface area contributed by atoms with Gasteiger partial charge in [0.1, 0.15) is 12.5 Å². The zero-order valence-electron chi connectivity index (χ0n) is 7.68. The molecule has 0 rings (SSSR count). The molecule has 0 saturated carbocycles. The number of hydrogen-bond acceptors (Lipinski definition) is 5. The second-order valence-corrected chi connectivity index (χ2v) is 5.02. The van der Waals surface area contributed by atoms with Crippen molar-refractivity contribution in [3.63, 3.8) is 0 Å². The molecule has 0 aromatic carbocycles. The maximum atomic E-state index is 10.6. The Labute approximate surface area is 90.1 Å². The van der Waals surface area contributed by atoms with E-state index in [-0.39, 0.29) is 5.92 Å². The number of rotatable bonds is 9. The fraction of sp³-hybridized carbons (Fsp3) is 0.714. The summed E-state index contributed by atoms with van der Waals surface area (Å²) >= 11 is 0. The van der Waals surface area contributed by atoms with Crippen molar-refractivity contribution in [1.82, 2.24) is 0 Å². The van der Waals surface area contributed by atoms with Gasteiger partial charge < -0.3 is 15.6 Å². The molecule has 4 N–H and O–H groups in total. The Bertz CT molecular complexity index is 179. The lowest BCUT2D eigenvalue weighted by Gasteiger charge is -2.05. The second-order valence-electron chi connectivity index (χ2n) is 2.40. The molecule has 7 heteroatoms. The van der Waals surface area contributed by atoms with Gasteiger partial charge in [-0.2, -0.15) is 0 Å². The van der Waals surface area contributed by atoms with Crippen molar-refractivity contribution in [2.45, 2.75) is 0 Å². The standard InChI is InChI=1S/C7H13NO4S2/c8-3-6(7(10)11)4-14-13-2-1-12-5-9/h5-6H,1-4,8H2,(H,10,11)/p+1. The van der Waals surface area contributed by atoms with Crippen LogP contribution in [0.5, 0.6) is 0 Å². The Morgan fingerprint density at radius 3 is 2.79 bits per heavy atom. The number of carboxylic acids is 1. The van der Waals surface area contributed by atoms with Gasteiger partial charge in [0.05, 0.1) is 6.54 Å². The van der Waals surface area contributed by atoms with Gasteiger partial charge >= 0.3 is 5.97 Å². The van der Waals surface area contributed by atoms with Gasteiger partial charge in [-0.15, -0.1) is 0 Å². The molecule has 0 spiro atoms. The van der Waals surface area contributed by atoms with Crippen molar-refractivity contribution in [3.05, 3.63) is 0 Å². The Kier molecular flexibility index (Phi) is 8.90. The van der Waals surface area contributed by atoms with Crippen molar-refractivity contribution in [2.24, 2.45) is 5.92 Å². The van der Waals surface area contributed by atoms with Crippen LogP contribution in [0.15, 0.2) is 0 Å². The Hall–Kier alpha value is -0.400. The summed E-state index contributed by atoms with van der Waals surface area (Å²) in [5, 5.41) is 8.68. The molecule has 0 saturated heterocycles. The number of ether oxygens (including phenoxy) is 1. The van der Waals surface area contributed by atoms with Crippen LogP contribution in [-0.2, 0) is 14.3 Å². The molecule has 1 unspecified atom stereocenters. The number of carboxylic acid groups (broad SMARTS) is 1. The van der Waals surface area contributed by atoms with Crippen LogP contribution in [0, 0.1) is 5.92 Å². The van der Waals surface area contributed by atoms with Crippen LogP contribution in [-0.4, -0.2) is 42.2 Å². The SMILES string of the molecule is [NH3+]CC(CSSCCOC=O)C(=O)O. The molecule has 14 heavy (non-hydrogen) atoms. The molecule has 0 amide bonds. The fourth-order valence-corrected chi connectivity index (χ4v) is 2.79. The number of quaternary nitrogens is 1. The number of hydrogen-bond donors (Lipinski definition) is 2. The molecule has 5 nitrogen and oxygen atoms in total. The third-order valence-electron chi connectivity index (χ3n) is 1.40. The summed E-state index contributed by atoms with van der Waals surface area (Å²) in [6, 6.07) is 0. The lowest BCUT2D eigenvalue weighted by Crippen LogP contribution is -2.55. The smallest absolute Gasteiger partial charge is 0.313 e. The molecule has 0 aromatic heterocycles.